The Kier molecular flexibility index (Phi) is 7.20. The molecule has 1 saturated heterocycles. The molecule has 0 bridgehead atoms. The Morgan fingerprint density at radius 1 is 1.15 bits per heavy atom. The first kappa shape index (κ1) is 25.4. The molecule has 6 rings (SSSR count). The van der Waals surface area contributed by atoms with Crippen LogP contribution in [0.3, 0.4) is 0 Å². The molecule has 0 amide bonds. The number of likely N-dealkylation sites (tertiary alicyclic amines) is 1. The highest BCUT2D eigenvalue weighted by molar-refractivity contribution is 6.03. The van der Waals surface area contributed by atoms with Crippen LogP contribution in [0.25, 0.3) is 11.1 Å². The molecule has 1 N–H and O–H groups in total. The van der Waals surface area contributed by atoms with Gasteiger partial charge in [0.2, 0.25) is 0 Å². The summed E-state index contributed by atoms with van der Waals surface area (Å²) in [7, 11) is 1.47. The van der Waals surface area contributed by atoms with E-state index in [0.29, 0.717) is 19.8 Å². The monoisotopic (exact) mass is 526 g/mol. The lowest BCUT2D eigenvalue weighted by Gasteiger charge is -2.37. The smallest absolute Gasteiger partial charge is 0.323 e. The summed E-state index contributed by atoms with van der Waals surface area (Å²) in [4.78, 5) is 24.2. The van der Waals surface area contributed by atoms with Gasteiger partial charge in [0, 0.05) is 30.6 Å². The van der Waals surface area contributed by atoms with Crippen LogP contribution in [-0.4, -0.2) is 68.4 Å². The number of nitrogens with one attached hydrogen (secondary N) is 1. The predicted octanol–water partition coefficient (Wildman–Crippen LogP) is 4.79. The zero-order valence-corrected chi connectivity index (χ0v) is 22.4. The number of ether oxygens (including phenoxy) is 3. The van der Waals surface area contributed by atoms with E-state index in [1.54, 1.807) is 0 Å². The summed E-state index contributed by atoms with van der Waals surface area (Å²) in [6.07, 6.45) is 10.9. The van der Waals surface area contributed by atoms with Crippen LogP contribution in [0.4, 0.5) is 5.69 Å². The Labute approximate surface area is 229 Å². The maximum atomic E-state index is 12.4. The van der Waals surface area contributed by atoms with Gasteiger partial charge in [-0.25, -0.2) is 4.99 Å². The minimum atomic E-state index is -0.188. The highest BCUT2D eigenvalue weighted by Crippen LogP contribution is 2.37. The van der Waals surface area contributed by atoms with E-state index in [0.717, 1.165) is 65.5 Å². The fourth-order valence-corrected chi connectivity index (χ4v) is 5.91. The number of piperidine rings is 1. The van der Waals surface area contributed by atoms with E-state index in [1.165, 1.54) is 12.7 Å². The van der Waals surface area contributed by atoms with Crippen LogP contribution in [0.15, 0.2) is 70.3 Å². The fourth-order valence-electron chi connectivity index (χ4n) is 5.91. The number of carbonyl (C=O) groups excluding carboxylic acids is 1. The zero-order valence-electron chi connectivity index (χ0n) is 22.4. The highest BCUT2D eigenvalue weighted by Gasteiger charge is 2.35. The minimum absolute atomic E-state index is 0.0801. The first-order valence-electron chi connectivity index (χ1n) is 13.7. The number of methoxy groups -OCH3 is 1. The number of carbonyl (C=O) groups is 1. The summed E-state index contributed by atoms with van der Waals surface area (Å²) in [5, 5.41) is 3.60. The van der Waals surface area contributed by atoms with Gasteiger partial charge in [-0.1, -0.05) is 30.7 Å². The number of fused-ring (bicyclic) bond motifs is 2. The number of anilines is 1. The van der Waals surface area contributed by atoms with Gasteiger partial charge in [-0.2, -0.15) is 0 Å². The zero-order chi connectivity index (χ0) is 26.8. The molecule has 0 aliphatic carbocycles. The summed E-state index contributed by atoms with van der Waals surface area (Å²) < 4.78 is 16.6. The Balaban J connectivity index is 1.20. The first-order chi connectivity index (χ1) is 19.1. The molecule has 0 radical (unpaired) electrons. The van der Waals surface area contributed by atoms with Crippen molar-refractivity contribution in [2.45, 2.75) is 38.3 Å². The summed E-state index contributed by atoms with van der Waals surface area (Å²) in [5.41, 5.74) is 5.53. The van der Waals surface area contributed by atoms with E-state index in [9.17, 15) is 4.79 Å². The largest absolute Gasteiger partial charge is 0.486 e. The molecule has 3 unspecified atom stereocenters. The van der Waals surface area contributed by atoms with E-state index in [1.807, 2.05) is 24.5 Å². The van der Waals surface area contributed by atoms with Crippen molar-refractivity contribution in [3.63, 3.8) is 0 Å². The Morgan fingerprint density at radius 3 is 2.90 bits per heavy atom. The van der Waals surface area contributed by atoms with Crippen LogP contribution >= 0.6 is 0 Å². The van der Waals surface area contributed by atoms with Gasteiger partial charge in [-0.15, -0.1) is 0 Å². The molecule has 4 heterocycles. The third-order valence-electron chi connectivity index (χ3n) is 8.01. The molecular weight excluding hydrogens is 492 g/mol. The van der Waals surface area contributed by atoms with Crippen LogP contribution < -0.4 is 14.8 Å². The van der Waals surface area contributed by atoms with Crippen LogP contribution in [-0.2, 0) is 9.53 Å². The summed E-state index contributed by atoms with van der Waals surface area (Å²) in [6, 6.07) is 12.0. The number of nitrogens with zero attached hydrogens (tertiary/aromatic N) is 3. The van der Waals surface area contributed by atoms with Crippen molar-refractivity contribution in [1.29, 1.82) is 0 Å². The van der Waals surface area contributed by atoms with Crippen LogP contribution in [0.2, 0.25) is 0 Å². The summed E-state index contributed by atoms with van der Waals surface area (Å²) >= 11 is 0. The van der Waals surface area contributed by atoms with Crippen LogP contribution in [0.5, 0.6) is 11.5 Å². The van der Waals surface area contributed by atoms with Crippen LogP contribution in [0.1, 0.15) is 24.8 Å². The number of dihydropyridines is 1. The lowest BCUT2D eigenvalue weighted by Crippen LogP contribution is -2.47. The molecule has 8 heteroatoms. The molecule has 39 heavy (non-hydrogen) atoms. The molecule has 4 aliphatic heterocycles. The third kappa shape index (κ3) is 5.08. The standard InChI is InChI=1S/C31H34N4O4/c1-20-23(21-9-10-27-28(18-21)39-17-16-38-27)6-5-7-25(20)34-30-29-24(12-14-33-30)22(11-13-32-29)19-35-15-4-3-8-26(35)31(36)37-2/h5-7,9-14,18,24,26,29H,3-4,8,15-17,19H2,1-2H3,(H,33,34). The second-order valence-electron chi connectivity index (χ2n) is 10.3. The van der Waals surface area contributed by atoms with Crippen molar-refractivity contribution in [1.82, 2.24) is 4.90 Å². The van der Waals surface area contributed by atoms with Gasteiger partial charge in [-0.3, -0.25) is 14.7 Å². The molecule has 1 fully saturated rings. The van der Waals surface area contributed by atoms with Gasteiger partial charge < -0.3 is 19.5 Å². The first-order valence-corrected chi connectivity index (χ1v) is 13.7. The number of esters is 1. The van der Waals surface area contributed by atoms with E-state index >= 15 is 0 Å². The molecule has 2 aromatic rings. The number of amidine groups is 1. The van der Waals surface area contributed by atoms with Gasteiger partial charge in [0.25, 0.3) is 0 Å². The molecule has 4 aliphatic rings. The lowest BCUT2D eigenvalue weighted by atomic mass is 9.86. The lowest BCUT2D eigenvalue weighted by molar-refractivity contribution is -0.148. The number of hydrogen-bond acceptors (Lipinski definition) is 8. The maximum absolute atomic E-state index is 12.4. The van der Waals surface area contributed by atoms with Crippen molar-refractivity contribution in [2.24, 2.45) is 15.9 Å². The predicted molar refractivity (Wildman–Crippen MR) is 153 cm³/mol. The molecular formula is C31H34N4O4. The van der Waals surface area contributed by atoms with Crippen molar-refractivity contribution in [3.8, 4) is 22.6 Å². The van der Waals surface area contributed by atoms with Gasteiger partial charge in [-0.05, 0) is 72.8 Å². The quantitative estimate of drug-likeness (QED) is 0.564. The van der Waals surface area contributed by atoms with E-state index in [4.69, 9.17) is 24.2 Å². The van der Waals surface area contributed by atoms with Crippen LogP contribution in [0, 0.1) is 12.8 Å². The summed E-state index contributed by atoms with van der Waals surface area (Å²) in [6.45, 7) is 4.85. The Bertz CT molecular complexity index is 1380. The number of allylic oxidation sites excluding steroid dienone is 1. The van der Waals surface area contributed by atoms with E-state index < -0.39 is 0 Å². The van der Waals surface area contributed by atoms with E-state index in [2.05, 4.69) is 53.6 Å². The minimum Gasteiger partial charge on any atom is -0.486 e. The second kappa shape index (κ2) is 11.1. The van der Waals surface area contributed by atoms with Crippen molar-refractivity contribution in [2.75, 3.05) is 38.7 Å². The van der Waals surface area contributed by atoms with E-state index in [-0.39, 0.29) is 24.0 Å². The van der Waals surface area contributed by atoms with Gasteiger partial charge >= 0.3 is 5.97 Å². The molecule has 3 atom stereocenters. The second-order valence-corrected chi connectivity index (χ2v) is 10.3. The number of hydrogen-bond donors (Lipinski definition) is 1. The average molecular weight is 527 g/mol. The van der Waals surface area contributed by atoms with Gasteiger partial charge in [0.1, 0.15) is 31.1 Å². The number of benzene rings is 2. The molecule has 8 nitrogen and oxygen atoms in total. The van der Waals surface area contributed by atoms with Crippen molar-refractivity contribution in [3.05, 3.63) is 65.9 Å². The van der Waals surface area contributed by atoms with Gasteiger partial charge in [0.15, 0.2) is 11.5 Å². The number of aliphatic imine (C=N–C) groups is 2. The maximum Gasteiger partial charge on any atom is 0.323 e. The highest BCUT2D eigenvalue weighted by atomic mass is 16.6. The normalized spacial score (nSPS) is 23.9. The summed E-state index contributed by atoms with van der Waals surface area (Å²) in [5.74, 6) is 2.31. The third-order valence-corrected chi connectivity index (χ3v) is 8.01. The van der Waals surface area contributed by atoms with Crippen molar-refractivity contribution < 1.29 is 19.0 Å². The Hall–Kier alpha value is -3.91. The molecule has 0 aromatic heterocycles. The molecule has 202 valence electrons. The van der Waals surface area contributed by atoms with Gasteiger partial charge in [0.05, 0.1) is 7.11 Å². The molecule has 0 spiro atoms. The average Bonchev–Trinajstić information content (AvgIpc) is 2.98. The topological polar surface area (TPSA) is 84.8 Å². The molecule has 2 aromatic carbocycles. The Morgan fingerprint density at radius 2 is 2.03 bits per heavy atom. The number of rotatable bonds is 5. The SMILES string of the molecule is COC(=O)C1CCCCN1CC1=CC=NC2C(Nc3cccc(-c4ccc5c(c4)OCCO5)c3C)=NC=CC12. The fraction of sp³-hybridized carbons (Fsp3) is 0.387. The van der Waals surface area contributed by atoms with Crippen molar-refractivity contribution >= 4 is 23.7 Å². The molecule has 0 saturated carbocycles.